The van der Waals surface area contributed by atoms with E-state index in [0.29, 0.717) is 22.5 Å². The Morgan fingerprint density at radius 2 is 1.26 bits per heavy atom. The molecule has 27 heavy (non-hydrogen) atoms. The van der Waals surface area contributed by atoms with Crippen LogP contribution < -0.4 is 10.7 Å². The summed E-state index contributed by atoms with van der Waals surface area (Å²) in [5.74, 6) is -0.455. The molecule has 3 aromatic rings. The van der Waals surface area contributed by atoms with Crippen LogP contribution in [0.1, 0.15) is 33.2 Å². The van der Waals surface area contributed by atoms with E-state index in [4.69, 9.17) is 0 Å². The fourth-order valence-corrected chi connectivity index (χ4v) is 2.47. The highest BCUT2D eigenvalue weighted by atomic mass is 16.2. The van der Waals surface area contributed by atoms with Crippen LogP contribution >= 0.6 is 0 Å². The van der Waals surface area contributed by atoms with E-state index in [1.54, 1.807) is 49.4 Å². The summed E-state index contributed by atoms with van der Waals surface area (Å²) in [6, 6.07) is 25.2. The zero-order chi connectivity index (χ0) is 19.1. The van der Waals surface area contributed by atoms with Gasteiger partial charge in [0.25, 0.3) is 11.8 Å². The molecule has 0 aliphatic rings. The number of benzene rings is 3. The van der Waals surface area contributed by atoms with E-state index in [1.165, 1.54) is 0 Å². The van der Waals surface area contributed by atoms with E-state index in [9.17, 15) is 9.59 Å². The number of hydrazone groups is 1. The van der Waals surface area contributed by atoms with Gasteiger partial charge in [-0.05, 0) is 48.9 Å². The van der Waals surface area contributed by atoms with Crippen LogP contribution in [-0.2, 0) is 0 Å². The Morgan fingerprint density at radius 1 is 0.704 bits per heavy atom. The molecule has 0 spiro atoms. The molecule has 3 rings (SSSR count). The Morgan fingerprint density at radius 3 is 1.89 bits per heavy atom. The Bertz CT molecular complexity index is 967. The van der Waals surface area contributed by atoms with Gasteiger partial charge in [-0.15, -0.1) is 0 Å². The summed E-state index contributed by atoms with van der Waals surface area (Å²) in [4.78, 5) is 24.3. The summed E-state index contributed by atoms with van der Waals surface area (Å²) >= 11 is 0. The SMILES string of the molecule is C/C(=N/NC(=O)c1ccccc1)c1cccc(NC(=O)c2ccccc2)c1. The van der Waals surface area contributed by atoms with Crippen LogP contribution in [0.3, 0.4) is 0 Å². The second kappa shape index (κ2) is 8.58. The van der Waals surface area contributed by atoms with Crippen LogP contribution in [0.15, 0.2) is 90.0 Å². The number of hydrogen-bond acceptors (Lipinski definition) is 3. The number of nitrogens with one attached hydrogen (secondary N) is 2. The minimum absolute atomic E-state index is 0.181. The second-order valence-corrected chi connectivity index (χ2v) is 5.91. The lowest BCUT2D eigenvalue weighted by molar-refractivity contribution is 0.0954. The van der Waals surface area contributed by atoms with E-state index < -0.39 is 0 Å². The average Bonchev–Trinajstić information content (AvgIpc) is 2.73. The highest BCUT2D eigenvalue weighted by molar-refractivity contribution is 6.06. The molecule has 2 N–H and O–H groups in total. The maximum Gasteiger partial charge on any atom is 0.271 e. The van der Waals surface area contributed by atoms with Crippen LogP contribution in [0, 0.1) is 0 Å². The van der Waals surface area contributed by atoms with Crippen molar-refractivity contribution in [1.82, 2.24) is 5.43 Å². The summed E-state index contributed by atoms with van der Waals surface area (Å²) in [6.07, 6.45) is 0. The van der Waals surface area contributed by atoms with Gasteiger partial charge in [0, 0.05) is 16.8 Å². The number of carbonyl (C=O) groups excluding carboxylic acids is 2. The van der Waals surface area contributed by atoms with Gasteiger partial charge < -0.3 is 5.32 Å². The quantitative estimate of drug-likeness (QED) is 0.533. The highest BCUT2D eigenvalue weighted by Gasteiger charge is 2.07. The summed E-state index contributed by atoms with van der Waals surface area (Å²) in [6.45, 7) is 1.80. The first kappa shape index (κ1) is 18.1. The number of amides is 2. The molecule has 2 amide bonds. The molecule has 0 fully saturated rings. The van der Waals surface area contributed by atoms with E-state index in [1.807, 2.05) is 42.5 Å². The van der Waals surface area contributed by atoms with Crippen molar-refractivity contribution in [2.75, 3.05) is 5.32 Å². The lowest BCUT2D eigenvalue weighted by atomic mass is 10.1. The summed E-state index contributed by atoms with van der Waals surface area (Å²) in [5.41, 5.74) is 5.76. The van der Waals surface area contributed by atoms with Gasteiger partial charge in [0.1, 0.15) is 0 Å². The molecule has 134 valence electrons. The summed E-state index contributed by atoms with van der Waals surface area (Å²) in [5, 5.41) is 7.02. The number of hydrogen-bond donors (Lipinski definition) is 2. The van der Waals surface area contributed by atoms with Gasteiger partial charge in [-0.1, -0.05) is 48.5 Å². The predicted molar refractivity (Wildman–Crippen MR) is 107 cm³/mol. The number of carbonyl (C=O) groups is 2. The summed E-state index contributed by atoms with van der Waals surface area (Å²) in [7, 11) is 0. The molecular weight excluding hydrogens is 338 g/mol. The molecule has 0 saturated heterocycles. The van der Waals surface area contributed by atoms with Crippen molar-refractivity contribution in [3.63, 3.8) is 0 Å². The van der Waals surface area contributed by atoms with Gasteiger partial charge in [0.05, 0.1) is 5.71 Å². The maximum atomic E-state index is 12.3. The van der Waals surface area contributed by atoms with Crippen molar-refractivity contribution in [2.45, 2.75) is 6.92 Å². The normalized spacial score (nSPS) is 10.9. The molecule has 0 radical (unpaired) electrons. The van der Waals surface area contributed by atoms with Gasteiger partial charge in [0.2, 0.25) is 0 Å². The van der Waals surface area contributed by atoms with E-state index in [2.05, 4.69) is 15.8 Å². The predicted octanol–water partition coefficient (Wildman–Crippen LogP) is 4.09. The van der Waals surface area contributed by atoms with Crippen LogP contribution in [0.5, 0.6) is 0 Å². The highest BCUT2D eigenvalue weighted by Crippen LogP contribution is 2.13. The van der Waals surface area contributed by atoms with Crippen LogP contribution in [0.2, 0.25) is 0 Å². The Balaban J connectivity index is 1.69. The lowest BCUT2D eigenvalue weighted by Crippen LogP contribution is -2.19. The zero-order valence-corrected chi connectivity index (χ0v) is 14.8. The standard InChI is InChI=1S/C22H19N3O2/c1-16(24-25-22(27)18-11-6-3-7-12-18)19-13-8-14-20(15-19)23-21(26)17-9-4-2-5-10-17/h2-15H,1H3,(H,23,26)(H,25,27)/b24-16-. The molecule has 5 nitrogen and oxygen atoms in total. The van der Waals surface area contributed by atoms with E-state index >= 15 is 0 Å². The zero-order valence-electron chi connectivity index (χ0n) is 14.8. The molecule has 0 aliphatic carbocycles. The molecule has 0 bridgehead atoms. The third kappa shape index (κ3) is 4.89. The Hall–Kier alpha value is -3.73. The third-order valence-corrected chi connectivity index (χ3v) is 3.94. The molecule has 3 aromatic carbocycles. The average molecular weight is 357 g/mol. The molecule has 0 aliphatic heterocycles. The van der Waals surface area contributed by atoms with Crippen molar-refractivity contribution in [2.24, 2.45) is 5.10 Å². The minimum atomic E-state index is -0.275. The van der Waals surface area contributed by atoms with Crippen molar-refractivity contribution in [3.8, 4) is 0 Å². The first-order chi connectivity index (χ1) is 13.1. The molecule has 0 atom stereocenters. The molecule has 5 heteroatoms. The molecular formula is C22H19N3O2. The largest absolute Gasteiger partial charge is 0.322 e. The van der Waals surface area contributed by atoms with Gasteiger partial charge in [-0.3, -0.25) is 9.59 Å². The Kier molecular flexibility index (Phi) is 5.74. The van der Waals surface area contributed by atoms with Crippen LogP contribution in [0.4, 0.5) is 5.69 Å². The van der Waals surface area contributed by atoms with Crippen molar-refractivity contribution < 1.29 is 9.59 Å². The molecule has 0 aromatic heterocycles. The Labute approximate surface area is 157 Å². The van der Waals surface area contributed by atoms with Gasteiger partial charge in [-0.25, -0.2) is 5.43 Å². The smallest absolute Gasteiger partial charge is 0.271 e. The topological polar surface area (TPSA) is 70.6 Å². The molecule has 0 heterocycles. The van der Waals surface area contributed by atoms with Gasteiger partial charge >= 0.3 is 0 Å². The first-order valence-corrected chi connectivity index (χ1v) is 8.50. The maximum absolute atomic E-state index is 12.3. The number of nitrogens with zero attached hydrogens (tertiary/aromatic N) is 1. The van der Waals surface area contributed by atoms with Crippen molar-refractivity contribution in [3.05, 3.63) is 102 Å². The number of rotatable bonds is 5. The van der Waals surface area contributed by atoms with Crippen LogP contribution in [-0.4, -0.2) is 17.5 Å². The van der Waals surface area contributed by atoms with Crippen molar-refractivity contribution >= 4 is 23.2 Å². The number of anilines is 1. The lowest BCUT2D eigenvalue weighted by Gasteiger charge is -2.08. The fourth-order valence-electron chi connectivity index (χ4n) is 2.47. The second-order valence-electron chi connectivity index (χ2n) is 5.91. The first-order valence-electron chi connectivity index (χ1n) is 8.50. The third-order valence-electron chi connectivity index (χ3n) is 3.94. The summed E-state index contributed by atoms with van der Waals surface area (Å²) < 4.78 is 0. The van der Waals surface area contributed by atoms with Crippen molar-refractivity contribution in [1.29, 1.82) is 0 Å². The van der Waals surface area contributed by atoms with E-state index in [-0.39, 0.29) is 11.8 Å². The monoisotopic (exact) mass is 357 g/mol. The fraction of sp³-hybridized carbons (Fsp3) is 0.0455. The van der Waals surface area contributed by atoms with Gasteiger partial charge in [-0.2, -0.15) is 5.10 Å². The molecule has 0 unspecified atom stereocenters. The van der Waals surface area contributed by atoms with E-state index in [0.717, 1.165) is 5.56 Å². The van der Waals surface area contributed by atoms with Gasteiger partial charge in [0.15, 0.2) is 0 Å². The molecule has 0 saturated carbocycles. The minimum Gasteiger partial charge on any atom is -0.322 e. The van der Waals surface area contributed by atoms with Crippen LogP contribution in [0.25, 0.3) is 0 Å².